The molecule has 14 heavy (non-hydrogen) atoms. The molecular weight excluding hydrogens is 178 g/mol. The Hall–Kier alpha value is -1.80. The summed E-state index contributed by atoms with van der Waals surface area (Å²) >= 11 is 0. The lowest BCUT2D eigenvalue weighted by Crippen LogP contribution is -2.28. The Balaban J connectivity index is 2.30. The van der Waals surface area contributed by atoms with Crippen LogP contribution in [0.2, 0.25) is 0 Å². The molecule has 0 saturated heterocycles. The molecule has 0 bridgehead atoms. The van der Waals surface area contributed by atoms with Crippen LogP contribution >= 0.6 is 0 Å². The molecular formula is C10H12N3O+. The molecule has 0 unspecified atom stereocenters. The minimum Gasteiger partial charge on any atom is -0.489 e. The third kappa shape index (κ3) is 1.36. The van der Waals surface area contributed by atoms with Gasteiger partial charge in [0.25, 0.3) is 5.76 Å². The van der Waals surface area contributed by atoms with E-state index in [-0.39, 0.29) is 5.76 Å². The zero-order chi connectivity index (χ0) is 10.1. The standard InChI is InChI=1S/C10H11N3O/c1-8(2)6-9(14)10-11-7-12-4-3-5-13(10)12/h3,6-7H,4H2,1-2H3/p+1/b10-9-. The van der Waals surface area contributed by atoms with Crippen molar-refractivity contribution in [2.45, 2.75) is 13.8 Å². The van der Waals surface area contributed by atoms with Gasteiger partial charge in [-0.2, -0.15) is 0 Å². The van der Waals surface area contributed by atoms with Crippen LogP contribution in [0.15, 0.2) is 34.3 Å². The zero-order valence-corrected chi connectivity index (χ0v) is 8.23. The normalized spacial score (nSPS) is 21.0. The van der Waals surface area contributed by atoms with E-state index in [0.29, 0.717) is 5.82 Å². The molecule has 0 aromatic rings. The first kappa shape index (κ1) is 8.78. The highest BCUT2D eigenvalue weighted by molar-refractivity contribution is 5.61. The summed E-state index contributed by atoms with van der Waals surface area (Å²) < 4.78 is 0. The Kier molecular flexibility index (Phi) is 1.98. The molecule has 4 nitrogen and oxygen atoms in total. The number of rotatable bonds is 1. The molecule has 4 heteroatoms. The van der Waals surface area contributed by atoms with Crippen LogP contribution in [0.4, 0.5) is 0 Å². The number of fused-ring (bicyclic) bond motifs is 1. The van der Waals surface area contributed by atoms with Crippen molar-refractivity contribution in [2.24, 2.45) is 4.99 Å². The summed E-state index contributed by atoms with van der Waals surface area (Å²) in [6, 6.07) is 0. The fourth-order valence-corrected chi connectivity index (χ4v) is 1.35. The van der Waals surface area contributed by atoms with E-state index >= 15 is 0 Å². The van der Waals surface area contributed by atoms with Crippen LogP contribution in [0.3, 0.4) is 0 Å². The number of aliphatic imine (C=N–C) groups is 1. The summed E-state index contributed by atoms with van der Waals surface area (Å²) in [5.41, 5.74) is 1.03. The van der Waals surface area contributed by atoms with Gasteiger partial charge in [-0.05, 0) is 18.9 Å². The fraction of sp³-hybridized carbons (Fsp3) is 0.300. The minimum absolute atomic E-state index is 0.173. The van der Waals surface area contributed by atoms with Gasteiger partial charge in [-0.1, -0.05) is 5.57 Å². The van der Waals surface area contributed by atoms with Crippen molar-refractivity contribution in [1.29, 1.82) is 0 Å². The van der Waals surface area contributed by atoms with Gasteiger partial charge >= 0.3 is 5.82 Å². The van der Waals surface area contributed by atoms with Gasteiger partial charge in [0.05, 0.1) is 6.54 Å². The summed E-state index contributed by atoms with van der Waals surface area (Å²) in [6.45, 7) is 4.61. The van der Waals surface area contributed by atoms with Crippen molar-refractivity contribution in [3.05, 3.63) is 35.5 Å². The minimum atomic E-state index is 0.173. The van der Waals surface area contributed by atoms with Crippen molar-refractivity contribution in [3.63, 3.8) is 0 Å². The predicted molar refractivity (Wildman–Crippen MR) is 53.9 cm³/mol. The van der Waals surface area contributed by atoms with E-state index in [4.69, 9.17) is 0 Å². The van der Waals surface area contributed by atoms with E-state index in [2.05, 4.69) is 11.2 Å². The zero-order valence-electron chi connectivity index (χ0n) is 8.23. The molecule has 0 amide bonds. The number of nitrogens with zero attached hydrogens (tertiary/aromatic N) is 3. The molecule has 0 saturated carbocycles. The lowest BCUT2D eigenvalue weighted by molar-refractivity contribution is 0.193. The Bertz CT molecular complexity index is 362. The van der Waals surface area contributed by atoms with E-state index in [1.54, 1.807) is 17.4 Å². The number of aliphatic hydroxyl groups is 1. The molecule has 2 aliphatic heterocycles. The monoisotopic (exact) mass is 190 g/mol. The van der Waals surface area contributed by atoms with Crippen LogP contribution in [0.25, 0.3) is 0 Å². The van der Waals surface area contributed by atoms with E-state index < -0.39 is 0 Å². The quantitative estimate of drug-likeness (QED) is 0.504. The highest BCUT2D eigenvalue weighted by Gasteiger charge is 2.36. The van der Waals surface area contributed by atoms with E-state index in [9.17, 15) is 5.11 Å². The van der Waals surface area contributed by atoms with Crippen molar-refractivity contribution in [2.75, 3.05) is 6.54 Å². The van der Waals surface area contributed by atoms with E-state index in [1.807, 2.05) is 24.9 Å². The lowest BCUT2D eigenvalue weighted by atomic mass is 10.3. The highest BCUT2D eigenvalue weighted by atomic mass is 16.3. The SMILES string of the molecule is CC(C)=C/C(O)=C1\N=CN2CC=[C+]N12. The van der Waals surface area contributed by atoms with Gasteiger partial charge in [-0.15, -0.1) is 4.99 Å². The highest BCUT2D eigenvalue weighted by Crippen LogP contribution is 2.22. The second kappa shape index (κ2) is 3.16. The maximum absolute atomic E-state index is 9.73. The van der Waals surface area contributed by atoms with Crippen molar-refractivity contribution in [1.82, 2.24) is 10.0 Å². The Labute approximate surface area is 83.1 Å². The Morgan fingerprint density at radius 2 is 2.43 bits per heavy atom. The average molecular weight is 190 g/mol. The molecule has 0 aromatic carbocycles. The Morgan fingerprint density at radius 1 is 1.64 bits per heavy atom. The molecule has 0 spiro atoms. The van der Waals surface area contributed by atoms with Crippen LogP contribution in [0.1, 0.15) is 13.8 Å². The van der Waals surface area contributed by atoms with Crippen molar-refractivity contribution in [3.8, 4) is 0 Å². The maximum Gasteiger partial charge on any atom is 0.344 e. The Morgan fingerprint density at radius 3 is 3.14 bits per heavy atom. The topological polar surface area (TPSA) is 39.1 Å². The third-order valence-corrected chi connectivity index (χ3v) is 1.92. The van der Waals surface area contributed by atoms with Gasteiger partial charge in [-0.25, -0.2) is 5.01 Å². The number of hydrazine groups is 1. The van der Waals surface area contributed by atoms with E-state index in [0.717, 1.165) is 12.1 Å². The molecule has 72 valence electrons. The first-order chi connectivity index (χ1) is 6.68. The fourth-order valence-electron chi connectivity index (χ4n) is 1.35. The molecule has 0 aromatic heterocycles. The second-order valence-corrected chi connectivity index (χ2v) is 3.44. The summed E-state index contributed by atoms with van der Waals surface area (Å²) in [5.74, 6) is 0.700. The van der Waals surface area contributed by atoms with Crippen LogP contribution in [0, 0.1) is 6.20 Å². The van der Waals surface area contributed by atoms with Gasteiger partial charge in [-0.3, -0.25) is 0 Å². The summed E-state index contributed by atoms with van der Waals surface area (Å²) in [5, 5.41) is 13.3. The van der Waals surface area contributed by atoms with Crippen molar-refractivity contribution >= 4 is 6.34 Å². The summed E-state index contributed by atoms with van der Waals surface area (Å²) in [6.07, 6.45) is 8.25. The number of allylic oxidation sites excluding steroid dienone is 2. The van der Waals surface area contributed by atoms with Gasteiger partial charge in [0.15, 0.2) is 0 Å². The van der Waals surface area contributed by atoms with Gasteiger partial charge in [0.1, 0.15) is 12.4 Å². The molecule has 0 aliphatic carbocycles. The third-order valence-electron chi connectivity index (χ3n) is 1.92. The molecule has 0 radical (unpaired) electrons. The molecule has 2 rings (SSSR count). The second-order valence-electron chi connectivity index (χ2n) is 3.44. The van der Waals surface area contributed by atoms with Crippen LogP contribution in [0.5, 0.6) is 0 Å². The number of hydrogen-bond donors (Lipinski definition) is 1. The van der Waals surface area contributed by atoms with Gasteiger partial charge < -0.3 is 5.11 Å². The smallest absolute Gasteiger partial charge is 0.344 e. The molecule has 2 aliphatic rings. The van der Waals surface area contributed by atoms with Crippen LogP contribution in [-0.4, -0.2) is 28.0 Å². The summed E-state index contributed by atoms with van der Waals surface area (Å²) in [4.78, 5) is 4.10. The largest absolute Gasteiger partial charge is 0.489 e. The molecule has 0 atom stereocenters. The number of hydrogen-bond acceptors (Lipinski definition) is 4. The molecule has 1 N–H and O–H groups in total. The van der Waals surface area contributed by atoms with Gasteiger partial charge in [0, 0.05) is 6.08 Å². The van der Waals surface area contributed by atoms with Crippen LogP contribution in [-0.2, 0) is 0 Å². The van der Waals surface area contributed by atoms with Gasteiger partial charge in [0.2, 0.25) is 6.20 Å². The first-order valence-corrected chi connectivity index (χ1v) is 4.45. The lowest BCUT2D eigenvalue weighted by Gasteiger charge is -2.08. The van der Waals surface area contributed by atoms with E-state index in [1.165, 1.54) is 0 Å². The molecule has 0 fully saturated rings. The predicted octanol–water partition coefficient (Wildman–Crippen LogP) is 1.57. The number of aliphatic hydroxyl groups excluding tert-OH is 1. The average Bonchev–Trinajstić information content (AvgIpc) is 2.59. The molecule has 2 heterocycles. The van der Waals surface area contributed by atoms with Crippen molar-refractivity contribution < 1.29 is 5.11 Å². The first-order valence-electron chi connectivity index (χ1n) is 4.45. The summed E-state index contributed by atoms with van der Waals surface area (Å²) in [7, 11) is 0. The van der Waals surface area contributed by atoms with Crippen LogP contribution < -0.4 is 0 Å². The maximum atomic E-state index is 9.73.